The molecule has 0 saturated carbocycles. The van der Waals surface area contributed by atoms with Crippen LogP contribution < -0.4 is 10.7 Å². The Balaban J connectivity index is 1.44. The van der Waals surface area contributed by atoms with Gasteiger partial charge in [0.15, 0.2) is 11.4 Å². The Morgan fingerprint density at radius 3 is 2.78 bits per heavy atom. The topological polar surface area (TPSA) is 94.9 Å². The number of hydrogen-bond donors (Lipinski definition) is 2. The van der Waals surface area contributed by atoms with E-state index in [9.17, 15) is 28.3 Å². The van der Waals surface area contributed by atoms with Crippen molar-refractivity contribution in [2.75, 3.05) is 13.1 Å². The zero-order valence-corrected chi connectivity index (χ0v) is 17.2. The SMILES string of the molecule is O=C(NCc1ccc(F)cc1F)c1cn2c(c(O)c1=O)C(=O)N1CCC3CCCN3C1C2. The van der Waals surface area contributed by atoms with Crippen LogP contribution in [0.15, 0.2) is 29.2 Å². The molecule has 168 valence electrons. The molecule has 2 unspecified atom stereocenters. The molecule has 4 heterocycles. The highest BCUT2D eigenvalue weighted by Crippen LogP contribution is 2.34. The Labute approximate surface area is 182 Å². The first-order valence-electron chi connectivity index (χ1n) is 10.6. The summed E-state index contributed by atoms with van der Waals surface area (Å²) in [6, 6.07) is 3.38. The van der Waals surface area contributed by atoms with E-state index in [1.165, 1.54) is 16.8 Å². The van der Waals surface area contributed by atoms with Crippen molar-refractivity contribution in [1.82, 2.24) is 19.7 Å². The van der Waals surface area contributed by atoms with E-state index in [1.54, 1.807) is 4.90 Å². The lowest BCUT2D eigenvalue weighted by Gasteiger charge is -2.48. The van der Waals surface area contributed by atoms with E-state index in [4.69, 9.17) is 0 Å². The number of halogens is 2. The second kappa shape index (κ2) is 7.70. The molecule has 10 heteroatoms. The van der Waals surface area contributed by atoms with Gasteiger partial charge in [0.05, 0.1) is 6.54 Å². The lowest BCUT2D eigenvalue weighted by Crippen LogP contribution is -2.62. The number of aromatic nitrogens is 1. The van der Waals surface area contributed by atoms with Crippen LogP contribution in [0.3, 0.4) is 0 Å². The third kappa shape index (κ3) is 3.26. The van der Waals surface area contributed by atoms with E-state index >= 15 is 0 Å². The average molecular weight is 444 g/mol. The van der Waals surface area contributed by atoms with E-state index in [1.807, 2.05) is 0 Å². The molecule has 2 atom stereocenters. The maximum Gasteiger partial charge on any atom is 0.275 e. The van der Waals surface area contributed by atoms with Crippen molar-refractivity contribution in [3.8, 4) is 5.75 Å². The standard InChI is InChI=1S/C22H22F2N4O4/c23-13-4-3-12(16(24)8-13)9-25-21(31)15-10-26-11-17-27-6-1-2-14(27)5-7-28(17)22(32)18(26)20(30)19(15)29/h3-4,8,10,14,17,30H,1-2,5-7,9,11H2,(H,25,31). The number of amides is 2. The molecule has 8 nitrogen and oxygen atoms in total. The summed E-state index contributed by atoms with van der Waals surface area (Å²) in [6.07, 6.45) is 4.08. The van der Waals surface area contributed by atoms with Crippen molar-refractivity contribution in [2.45, 2.75) is 44.6 Å². The normalized spacial score (nSPS) is 22.3. The second-order valence-electron chi connectivity index (χ2n) is 8.44. The number of rotatable bonds is 3. The highest BCUT2D eigenvalue weighted by Gasteiger charge is 2.45. The molecule has 1 aromatic heterocycles. The Hall–Kier alpha value is -3.27. The third-order valence-corrected chi connectivity index (χ3v) is 6.65. The van der Waals surface area contributed by atoms with Gasteiger partial charge in [-0.1, -0.05) is 6.07 Å². The van der Waals surface area contributed by atoms with Crippen LogP contribution in [0.5, 0.6) is 5.75 Å². The largest absolute Gasteiger partial charge is 0.503 e. The molecule has 3 aliphatic heterocycles. The number of nitrogens with one attached hydrogen (secondary N) is 1. The average Bonchev–Trinajstić information content (AvgIpc) is 3.25. The minimum absolute atomic E-state index is 0.0511. The summed E-state index contributed by atoms with van der Waals surface area (Å²) in [7, 11) is 0. The lowest BCUT2D eigenvalue weighted by atomic mass is 10.0. The number of pyridine rings is 1. The van der Waals surface area contributed by atoms with Crippen LogP contribution in [0.4, 0.5) is 8.78 Å². The summed E-state index contributed by atoms with van der Waals surface area (Å²) < 4.78 is 28.4. The molecule has 1 aromatic carbocycles. The molecule has 2 aromatic rings. The van der Waals surface area contributed by atoms with Gasteiger partial charge in [-0.25, -0.2) is 8.78 Å². The van der Waals surface area contributed by atoms with Crippen molar-refractivity contribution < 1.29 is 23.5 Å². The van der Waals surface area contributed by atoms with Crippen molar-refractivity contribution in [3.63, 3.8) is 0 Å². The molecule has 2 amide bonds. The molecule has 5 rings (SSSR count). The fraction of sp³-hybridized carbons (Fsp3) is 0.409. The van der Waals surface area contributed by atoms with Gasteiger partial charge in [0.1, 0.15) is 23.4 Å². The van der Waals surface area contributed by atoms with Gasteiger partial charge >= 0.3 is 0 Å². The number of carbonyl (C=O) groups excluding carboxylic acids is 2. The van der Waals surface area contributed by atoms with Gasteiger partial charge < -0.3 is 19.9 Å². The van der Waals surface area contributed by atoms with Gasteiger partial charge in [-0.05, 0) is 25.3 Å². The molecule has 2 N–H and O–H groups in total. The number of hydrogen-bond acceptors (Lipinski definition) is 5. The summed E-state index contributed by atoms with van der Waals surface area (Å²) in [4.78, 5) is 42.4. The zero-order chi connectivity index (χ0) is 22.6. The van der Waals surface area contributed by atoms with E-state index in [0.29, 0.717) is 25.2 Å². The number of nitrogens with zero attached hydrogens (tertiary/aromatic N) is 3. The Morgan fingerprint density at radius 2 is 2.00 bits per heavy atom. The maximum absolute atomic E-state index is 13.8. The Bertz CT molecular complexity index is 1180. The van der Waals surface area contributed by atoms with Crippen LogP contribution in [0.2, 0.25) is 0 Å². The highest BCUT2D eigenvalue weighted by molar-refractivity contribution is 5.99. The number of aromatic hydroxyl groups is 1. The van der Waals surface area contributed by atoms with Crippen LogP contribution in [-0.2, 0) is 13.1 Å². The quantitative estimate of drug-likeness (QED) is 0.747. The van der Waals surface area contributed by atoms with Gasteiger partial charge in [0, 0.05) is 43.5 Å². The smallest absolute Gasteiger partial charge is 0.275 e. The molecular formula is C22H22F2N4O4. The Morgan fingerprint density at radius 1 is 1.19 bits per heavy atom. The molecule has 0 spiro atoms. The van der Waals surface area contributed by atoms with Gasteiger partial charge in [-0.15, -0.1) is 0 Å². The monoisotopic (exact) mass is 444 g/mol. The summed E-state index contributed by atoms with van der Waals surface area (Å²) in [5.74, 6) is -3.57. The summed E-state index contributed by atoms with van der Waals surface area (Å²) >= 11 is 0. The van der Waals surface area contributed by atoms with Crippen LogP contribution in [0, 0.1) is 11.6 Å². The van der Waals surface area contributed by atoms with Crippen molar-refractivity contribution >= 4 is 11.8 Å². The van der Waals surface area contributed by atoms with Gasteiger partial charge in [-0.2, -0.15) is 0 Å². The molecule has 0 radical (unpaired) electrons. The molecule has 2 fully saturated rings. The van der Waals surface area contributed by atoms with Crippen molar-refractivity contribution in [1.29, 1.82) is 0 Å². The molecule has 3 aliphatic rings. The minimum Gasteiger partial charge on any atom is -0.503 e. The second-order valence-corrected chi connectivity index (χ2v) is 8.44. The van der Waals surface area contributed by atoms with Crippen molar-refractivity contribution in [2.24, 2.45) is 0 Å². The summed E-state index contributed by atoms with van der Waals surface area (Å²) in [6.45, 7) is 1.50. The Kier molecular flexibility index (Phi) is 4.96. The predicted molar refractivity (Wildman–Crippen MR) is 109 cm³/mol. The van der Waals surface area contributed by atoms with Crippen molar-refractivity contribution in [3.05, 3.63) is 63.1 Å². The molecular weight excluding hydrogens is 422 g/mol. The molecule has 0 bridgehead atoms. The van der Waals surface area contributed by atoms with E-state index in [2.05, 4.69) is 10.2 Å². The summed E-state index contributed by atoms with van der Waals surface area (Å²) in [5, 5.41) is 12.9. The third-order valence-electron chi connectivity index (χ3n) is 6.65. The van der Waals surface area contributed by atoms with E-state index in [0.717, 1.165) is 31.9 Å². The van der Waals surface area contributed by atoms with Gasteiger partial charge in [0.25, 0.3) is 11.8 Å². The van der Waals surface area contributed by atoms with Crippen LogP contribution in [0.25, 0.3) is 0 Å². The first-order valence-corrected chi connectivity index (χ1v) is 10.6. The molecule has 0 aliphatic carbocycles. The fourth-order valence-corrected chi connectivity index (χ4v) is 5.04. The fourth-order valence-electron chi connectivity index (χ4n) is 5.04. The molecule has 32 heavy (non-hydrogen) atoms. The summed E-state index contributed by atoms with van der Waals surface area (Å²) in [5.41, 5.74) is -1.37. The first-order chi connectivity index (χ1) is 15.3. The van der Waals surface area contributed by atoms with Crippen LogP contribution >= 0.6 is 0 Å². The van der Waals surface area contributed by atoms with E-state index < -0.39 is 34.6 Å². The van der Waals surface area contributed by atoms with Gasteiger partial charge in [-0.3, -0.25) is 19.3 Å². The lowest BCUT2D eigenvalue weighted by molar-refractivity contribution is -0.0211. The number of benzene rings is 1. The number of fused-ring (bicyclic) bond motifs is 4. The van der Waals surface area contributed by atoms with E-state index in [-0.39, 0.29) is 29.5 Å². The highest BCUT2D eigenvalue weighted by atomic mass is 19.1. The van der Waals surface area contributed by atoms with Crippen LogP contribution in [0.1, 0.15) is 45.7 Å². The predicted octanol–water partition coefficient (Wildman–Crippen LogP) is 1.41. The zero-order valence-electron chi connectivity index (χ0n) is 17.2. The van der Waals surface area contributed by atoms with Gasteiger partial charge in [0.2, 0.25) is 5.43 Å². The minimum atomic E-state index is -0.962. The maximum atomic E-state index is 13.8. The van der Waals surface area contributed by atoms with Crippen LogP contribution in [-0.4, -0.2) is 56.6 Å². The first kappa shape index (κ1) is 20.6. The molecule has 2 saturated heterocycles. The number of carbonyl (C=O) groups is 2.